The molecule has 0 amide bonds. The van der Waals surface area contributed by atoms with Crippen LogP contribution in [0.15, 0.2) is 0 Å². The summed E-state index contributed by atoms with van der Waals surface area (Å²) >= 11 is 0. The van der Waals surface area contributed by atoms with Crippen molar-refractivity contribution in [1.82, 2.24) is 10.6 Å². The number of nitrogens with one attached hydrogen (secondary N) is 2. The van der Waals surface area contributed by atoms with E-state index in [-0.39, 0.29) is 2.85 Å². The third kappa shape index (κ3) is 17.8. The Kier molecular flexibility index (Phi) is 5.67. The van der Waals surface area contributed by atoms with E-state index in [1.807, 2.05) is 0 Å². The highest BCUT2D eigenvalue weighted by Gasteiger charge is 1.91. The van der Waals surface area contributed by atoms with Crippen LogP contribution in [-0.4, -0.2) is 31.1 Å². The summed E-state index contributed by atoms with van der Waals surface area (Å²) in [5, 5.41) is 6.44. The first-order chi connectivity index (χ1) is 5.00. The summed E-state index contributed by atoms with van der Waals surface area (Å²) in [4.78, 5) is 24.3. The van der Waals surface area contributed by atoms with Gasteiger partial charge in [0.25, 0.3) is 0 Å². The van der Waals surface area contributed by atoms with E-state index in [4.69, 9.17) is 19.2 Å². The van der Waals surface area contributed by atoms with Crippen LogP contribution in [0.3, 0.4) is 0 Å². The van der Waals surface area contributed by atoms with Gasteiger partial charge in [-0.05, 0) is 0 Å². The average molecular weight is 184 g/mol. The Bertz CT molecular complexity index is 120. The standard InChI is InChI=1S/C4H10N2.H3O4P/c1-2-6-4-3-5-1;1-5(2,3)4/h5-6H,1-4H2;(H3,1,2,3,4). The van der Waals surface area contributed by atoms with Crippen LogP contribution in [0.4, 0.5) is 0 Å². The Balaban J connectivity index is -0.000000136. The molecule has 0 aromatic rings. The molecule has 1 aliphatic rings. The molecule has 1 saturated heterocycles. The monoisotopic (exact) mass is 184 g/mol. The number of phosphoric acid groups is 1. The second-order valence-electron chi connectivity index (χ2n) is 1.97. The lowest BCUT2D eigenvalue weighted by molar-refractivity contribution is -0.337. The maximum Gasteiger partial charge on any atom is 1.00 e. The quantitative estimate of drug-likeness (QED) is 0.351. The van der Waals surface area contributed by atoms with Gasteiger partial charge in [0.15, 0.2) is 0 Å². The normalized spacial score (nSPS) is 18.5. The number of hydrogen-bond donors (Lipinski definition) is 3. The molecule has 6 nitrogen and oxygen atoms in total. The van der Waals surface area contributed by atoms with Crippen LogP contribution < -0.4 is 20.4 Å². The van der Waals surface area contributed by atoms with Gasteiger partial charge in [0.1, 0.15) is 0 Å². The molecule has 7 heteroatoms. The van der Waals surface area contributed by atoms with Gasteiger partial charge in [0.2, 0.25) is 0 Å². The Hall–Kier alpha value is 0.0300. The van der Waals surface area contributed by atoms with Crippen molar-refractivity contribution >= 4 is 7.82 Å². The van der Waals surface area contributed by atoms with Crippen LogP contribution >= 0.6 is 7.82 Å². The zero-order valence-corrected chi connectivity index (χ0v) is 6.84. The first-order valence-corrected chi connectivity index (χ1v) is 4.66. The third-order valence-electron chi connectivity index (χ3n) is 0.957. The summed E-state index contributed by atoms with van der Waals surface area (Å²) in [5.41, 5.74) is 0. The molecule has 1 heterocycles. The zero-order valence-electron chi connectivity index (χ0n) is 7.95. The van der Waals surface area contributed by atoms with Gasteiger partial charge in [0.05, 0.1) is 7.82 Å². The lowest BCUT2D eigenvalue weighted by Crippen LogP contribution is -2.39. The zero-order chi connectivity index (χ0) is 8.74. The lowest BCUT2D eigenvalue weighted by atomic mass is 10.4. The summed E-state index contributed by atoms with van der Waals surface area (Å²) in [6.45, 7) is 4.56. The molecule has 0 aromatic heterocycles. The molecule has 0 atom stereocenters. The molecule has 68 valence electrons. The van der Waals surface area contributed by atoms with Gasteiger partial charge < -0.3 is 29.9 Å². The van der Waals surface area contributed by atoms with Gasteiger partial charge in [-0.3, -0.25) is 0 Å². The second-order valence-corrected chi connectivity index (χ2v) is 2.91. The van der Waals surface area contributed by atoms with Crippen molar-refractivity contribution in [3.63, 3.8) is 0 Å². The fraction of sp³-hybridized carbons (Fsp3) is 1.00. The minimum absolute atomic E-state index is 0. The summed E-state index contributed by atoms with van der Waals surface area (Å²) in [7, 11) is -5.14. The van der Waals surface area contributed by atoms with Crippen LogP contribution in [0.25, 0.3) is 0 Å². The molecule has 0 spiro atoms. The van der Waals surface area contributed by atoms with E-state index in [0.29, 0.717) is 0 Å². The highest BCUT2D eigenvalue weighted by atomic mass is 31.2. The number of hydrogen-bond acceptors (Lipinski definition) is 5. The van der Waals surface area contributed by atoms with E-state index >= 15 is 0 Å². The largest absolute Gasteiger partial charge is 1.00 e. The van der Waals surface area contributed by atoms with Gasteiger partial charge in [-0.1, -0.05) is 0 Å². The second kappa shape index (κ2) is 5.65. The van der Waals surface area contributed by atoms with E-state index in [1.165, 1.54) is 0 Å². The van der Waals surface area contributed by atoms with E-state index in [1.54, 1.807) is 0 Å². The van der Waals surface area contributed by atoms with Crippen molar-refractivity contribution in [2.24, 2.45) is 0 Å². The van der Waals surface area contributed by atoms with Crippen molar-refractivity contribution in [3.05, 3.63) is 0 Å². The topological polar surface area (TPSA) is 107 Å². The number of rotatable bonds is 0. The van der Waals surface area contributed by atoms with Crippen molar-refractivity contribution in [1.29, 1.82) is 0 Å². The molecule has 0 unspecified atom stereocenters. The molecule has 3 N–H and O–H groups in total. The smallest absolute Gasteiger partial charge is 0.790 e. The van der Waals surface area contributed by atoms with E-state index < -0.39 is 7.82 Å². The van der Waals surface area contributed by atoms with Crippen LogP contribution in [0.1, 0.15) is 2.85 Å². The molecule has 0 aliphatic carbocycles. The molecule has 1 fully saturated rings. The summed E-state index contributed by atoms with van der Waals surface area (Å²) in [5.74, 6) is 0. The van der Waals surface area contributed by atoms with E-state index in [9.17, 15) is 0 Å². The van der Waals surface area contributed by atoms with Gasteiger partial charge in [-0.25, -0.2) is 0 Å². The number of piperazine rings is 1. The molecule has 1 aliphatic heterocycles. The molecular weight excluding hydrogens is 171 g/mol. The average Bonchev–Trinajstić information content (AvgIpc) is 1.88. The van der Waals surface area contributed by atoms with Crippen LogP contribution in [0, 0.1) is 0 Å². The van der Waals surface area contributed by atoms with Crippen molar-refractivity contribution in [2.75, 3.05) is 26.2 Å². The van der Waals surface area contributed by atoms with Crippen LogP contribution in [0.5, 0.6) is 0 Å². The fourth-order valence-electron chi connectivity index (χ4n) is 0.604. The van der Waals surface area contributed by atoms with Crippen LogP contribution in [0.2, 0.25) is 0 Å². The first kappa shape index (κ1) is 11.0. The Morgan fingerprint density at radius 3 is 1.45 bits per heavy atom. The summed E-state index contributed by atoms with van der Waals surface area (Å²) in [6.07, 6.45) is 0. The molecule has 0 bridgehead atoms. The fourth-order valence-corrected chi connectivity index (χ4v) is 0.604. The van der Waals surface area contributed by atoms with Crippen molar-refractivity contribution in [3.8, 4) is 0 Å². The van der Waals surface area contributed by atoms with E-state index in [2.05, 4.69) is 10.6 Å². The SMILES string of the molecule is C1CNCCN1.O=P([O-])([O-])O.[H+].[H+]. The third-order valence-corrected chi connectivity index (χ3v) is 0.957. The lowest BCUT2D eigenvalue weighted by Gasteiger charge is -2.19. The maximum atomic E-state index is 8.66. The maximum absolute atomic E-state index is 8.66. The Morgan fingerprint density at radius 1 is 1.18 bits per heavy atom. The van der Waals surface area contributed by atoms with Crippen molar-refractivity contribution < 1.29 is 22.1 Å². The van der Waals surface area contributed by atoms with Gasteiger partial charge in [-0.15, -0.1) is 0 Å². The van der Waals surface area contributed by atoms with Gasteiger partial charge >= 0.3 is 2.85 Å². The van der Waals surface area contributed by atoms with Crippen LogP contribution in [-0.2, 0) is 4.57 Å². The van der Waals surface area contributed by atoms with E-state index in [0.717, 1.165) is 26.2 Å². The van der Waals surface area contributed by atoms with Crippen molar-refractivity contribution in [2.45, 2.75) is 0 Å². The Labute approximate surface area is 67.8 Å². The first-order valence-electron chi connectivity index (χ1n) is 3.16. The minimum Gasteiger partial charge on any atom is -0.790 e. The molecule has 0 radical (unpaired) electrons. The molecule has 1 rings (SSSR count). The molecular formula is C4H13N2O4P. The summed E-state index contributed by atoms with van der Waals surface area (Å²) < 4.78 is 8.66. The molecule has 0 aromatic carbocycles. The predicted octanol–water partition coefficient (Wildman–Crippen LogP) is -2.79. The highest BCUT2D eigenvalue weighted by Crippen LogP contribution is 2.11. The predicted molar refractivity (Wildman–Crippen MR) is 37.8 cm³/mol. The molecule has 0 saturated carbocycles. The molecule has 11 heavy (non-hydrogen) atoms. The van der Waals surface area contributed by atoms with Gasteiger partial charge in [-0.2, -0.15) is 0 Å². The minimum atomic E-state index is -5.14. The Morgan fingerprint density at radius 2 is 1.36 bits per heavy atom. The summed E-state index contributed by atoms with van der Waals surface area (Å²) in [6, 6.07) is 0. The highest BCUT2D eigenvalue weighted by molar-refractivity contribution is 7.42. The van der Waals surface area contributed by atoms with Gasteiger partial charge in [0, 0.05) is 26.2 Å².